The summed E-state index contributed by atoms with van der Waals surface area (Å²) in [6, 6.07) is 0. The fraction of sp³-hybridized carbons (Fsp3) is 0.688. The van der Waals surface area contributed by atoms with Gasteiger partial charge in [-0.2, -0.15) is 0 Å². The summed E-state index contributed by atoms with van der Waals surface area (Å²) in [6.07, 6.45) is -4.76. The lowest BCUT2D eigenvalue weighted by Crippen LogP contribution is -2.61. The smallest absolute Gasteiger partial charge is 0.303 e. The number of ether oxygens (including phenoxy) is 5. The van der Waals surface area contributed by atoms with Gasteiger partial charge >= 0.3 is 23.9 Å². The van der Waals surface area contributed by atoms with Crippen LogP contribution in [0.1, 0.15) is 34.6 Å². The zero-order valence-electron chi connectivity index (χ0n) is 15.6. The minimum atomic E-state index is -1.26. The first kappa shape index (κ1) is 22.9. The third-order valence-corrected chi connectivity index (χ3v) is 4.17. The molecule has 1 aliphatic rings. The molecule has 152 valence electrons. The average molecular weight is 406 g/mol. The summed E-state index contributed by atoms with van der Waals surface area (Å²) >= 11 is 0.705. The molecule has 0 unspecified atom stereocenters. The van der Waals surface area contributed by atoms with Crippen molar-refractivity contribution in [2.24, 2.45) is 0 Å². The zero-order chi connectivity index (χ0) is 20.7. The monoisotopic (exact) mass is 406 g/mol. The summed E-state index contributed by atoms with van der Waals surface area (Å²) in [5.74, 6) is -2.76. The van der Waals surface area contributed by atoms with Crippen LogP contribution in [0.4, 0.5) is 0 Å². The van der Waals surface area contributed by atoms with Crippen molar-refractivity contribution < 1.29 is 47.7 Å². The van der Waals surface area contributed by atoms with Crippen LogP contribution in [0, 0.1) is 0 Å². The highest BCUT2D eigenvalue weighted by Crippen LogP contribution is 2.34. The van der Waals surface area contributed by atoms with Gasteiger partial charge in [0.15, 0.2) is 28.9 Å². The molecule has 0 bridgehead atoms. The summed E-state index contributed by atoms with van der Waals surface area (Å²) in [5, 5.41) is -0.351. The first-order valence-electron chi connectivity index (χ1n) is 7.99. The molecule has 0 aromatic heterocycles. The molecule has 1 rings (SSSR count). The molecule has 0 aromatic rings. The normalized spacial score (nSPS) is 27.2. The molecule has 0 aromatic carbocycles. The standard InChI is InChI=1S/C16H22O10S/c1-7(17)22-6-12-13(23-8(2)18)14(24-9(3)19)15(25-10(4)20)16(26-12)27-11(5)21/h12-16H,6H2,1-5H3/t12-,13-,14+,15+,16+/m0/s1. The highest BCUT2D eigenvalue weighted by atomic mass is 32.2. The van der Waals surface area contributed by atoms with Crippen molar-refractivity contribution in [2.75, 3.05) is 6.61 Å². The van der Waals surface area contributed by atoms with E-state index in [1.807, 2.05) is 0 Å². The Hall–Kier alpha value is -2.14. The largest absolute Gasteiger partial charge is 0.463 e. The zero-order valence-corrected chi connectivity index (χ0v) is 16.4. The maximum absolute atomic E-state index is 11.6. The third kappa shape index (κ3) is 7.55. The van der Waals surface area contributed by atoms with Crippen molar-refractivity contribution >= 4 is 40.8 Å². The van der Waals surface area contributed by atoms with Gasteiger partial charge in [0.2, 0.25) is 0 Å². The van der Waals surface area contributed by atoms with E-state index >= 15 is 0 Å². The maximum atomic E-state index is 11.6. The van der Waals surface area contributed by atoms with Gasteiger partial charge in [-0.1, -0.05) is 11.8 Å². The lowest BCUT2D eigenvalue weighted by Gasteiger charge is -2.43. The predicted molar refractivity (Wildman–Crippen MR) is 90.2 cm³/mol. The van der Waals surface area contributed by atoms with Gasteiger partial charge in [-0.25, -0.2) is 0 Å². The van der Waals surface area contributed by atoms with Gasteiger partial charge in [-0.05, 0) is 0 Å². The summed E-state index contributed by atoms with van der Waals surface area (Å²) in [4.78, 5) is 57.3. The second kappa shape index (κ2) is 10.3. The van der Waals surface area contributed by atoms with E-state index in [0.717, 1.165) is 20.8 Å². The topological polar surface area (TPSA) is 132 Å². The minimum absolute atomic E-state index is 0.327. The van der Waals surface area contributed by atoms with E-state index in [9.17, 15) is 24.0 Å². The molecule has 5 atom stereocenters. The van der Waals surface area contributed by atoms with Crippen LogP contribution < -0.4 is 0 Å². The third-order valence-electron chi connectivity index (χ3n) is 3.23. The van der Waals surface area contributed by atoms with Gasteiger partial charge in [0, 0.05) is 34.6 Å². The van der Waals surface area contributed by atoms with Crippen LogP contribution in [0.3, 0.4) is 0 Å². The molecule has 10 nitrogen and oxygen atoms in total. The van der Waals surface area contributed by atoms with Crippen molar-refractivity contribution in [3.8, 4) is 0 Å². The molecule has 1 fully saturated rings. The van der Waals surface area contributed by atoms with Gasteiger partial charge in [-0.3, -0.25) is 24.0 Å². The van der Waals surface area contributed by atoms with Crippen LogP contribution in [0.25, 0.3) is 0 Å². The number of esters is 4. The second-order valence-corrected chi connectivity index (χ2v) is 6.95. The van der Waals surface area contributed by atoms with Crippen LogP contribution in [0.5, 0.6) is 0 Å². The van der Waals surface area contributed by atoms with Crippen LogP contribution in [-0.2, 0) is 47.7 Å². The Bertz CT molecular complexity index is 604. The number of rotatable bonds is 6. The molecule has 11 heteroatoms. The van der Waals surface area contributed by atoms with Crippen molar-refractivity contribution in [2.45, 2.75) is 64.5 Å². The van der Waals surface area contributed by atoms with Crippen LogP contribution in [0.15, 0.2) is 0 Å². The molecule has 1 aliphatic heterocycles. The van der Waals surface area contributed by atoms with Crippen LogP contribution in [0.2, 0.25) is 0 Å². The molecule has 1 heterocycles. The van der Waals surface area contributed by atoms with Crippen molar-refractivity contribution in [3.63, 3.8) is 0 Å². The Morgan fingerprint density at radius 2 is 1.22 bits per heavy atom. The highest BCUT2D eigenvalue weighted by molar-refractivity contribution is 8.14. The van der Waals surface area contributed by atoms with Gasteiger partial charge in [0.05, 0.1) is 0 Å². The van der Waals surface area contributed by atoms with Gasteiger partial charge in [0.25, 0.3) is 0 Å². The number of hydrogen-bond acceptors (Lipinski definition) is 11. The van der Waals surface area contributed by atoms with E-state index in [2.05, 4.69) is 0 Å². The van der Waals surface area contributed by atoms with Crippen molar-refractivity contribution in [3.05, 3.63) is 0 Å². The predicted octanol–water partition coefficient (Wildman–Crippen LogP) is 0.349. The van der Waals surface area contributed by atoms with Crippen molar-refractivity contribution in [1.82, 2.24) is 0 Å². The van der Waals surface area contributed by atoms with Crippen LogP contribution in [-0.4, -0.2) is 65.5 Å². The first-order valence-corrected chi connectivity index (χ1v) is 8.87. The lowest BCUT2D eigenvalue weighted by atomic mass is 9.99. The number of thioether (sulfide) groups is 1. The van der Waals surface area contributed by atoms with E-state index < -0.39 is 53.7 Å². The fourth-order valence-electron chi connectivity index (χ4n) is 2.45. The molecular formula is C16H22O10S. The molecule has 0 N–H and O–H groups in total. The van der Waals surface area contributed by atoms with Crippen LogP contribution >= 0.6 is 11.8 Å². The summed E-state index contributed by atoms with van der Waals surface area (Å²) < 4.78 is 26.2. The van der Waals surface area contributed by atoms with E-state index in [1.54, 1.807) is 0 Å². The molecule has 0 aliphatic carbocycles. The molecule has 0 spiro atoms. The van der Waals surface area contributed by atoms with E-state index in [4.69, 9.17) is 23.7 Å². The molecular weight excluding hydrogens is 384 g/mol. The molecule has 0 radical (unpaired) electrons. The average Bonchev–Trinajstić information content (AvgIpc) is 2.49. The van der Waals surface area contributed by atoms with E-state index in [-0.39, 0.29) is 11.7 Å². The Kier molecular flexibility index (Phi) is 8.70. The summed E-state index contributed by atoms with van der Waals surface area (Å²) in [6.45, 7) is 5.51. The number of carbonyl (C=O) groups excluding carboxylic acids is 5. The number of hydrogen-bond donors (Lipinski definition) is 0. The number of carbonyl (C=O) groups is 5. The van der Waals surface area contributed by atoms with Crippen molar-refractivity contribution in [1.29, 1.82) is 0 Å². The minimum Gasteiger partial charge on any atom is -0.463 e. The fourth-order valence-corrected chi connectivity index (χ4v) is 3.32. The first-order chi connectivity index (χ1) is 12.5. The van der Waals surface area contributed by atoms with E-state index in [1.165, 1.54) is 13.8 Å². The molecule has 1 saturated heterocycles. The van der Waals surface area contributed by atoms with Gasteiger partial charge < -0.3 is 23.7 Å². The Morgan fingerprint density at radius 3 is 1.67 bits per heavy atom. The lowest BCUT2D eigenvalue weighted by molar-refractivity contribution is -0.237. The summed E-state index contributed by atoms with van der Waals surface area (Å²) in [5.41, 5.74) is -1.07. The van der Waals surface area contributed by atoms with Gasteiger partial charge in [0.1, 0.15) is 12.7 Å². The van der Waals surface area contributed by atoms with Gasteiger partial charge in [-0.15, -0.1) is 0 Å². The maximum Gasteiger partial charge on any atom is 0.303 e. The van der Waals surface area contributed by atoms with E-state index in [0.29, 0.717) is 11.8 Å². The highest BCUT2D eigenvalue weighted by Gasteiger charge is 2.52. The Morgan fingerprint density at radius 1 is 0.741 bits per heavy atom. The molecule has 27 heavy (non-hydrogen) atoms. The summed E-state index contributed by atoms with van der Waals surface area (Å²) in [7, 11) is 0. The molecule has 0 saturated carbocycles. The Balaban J connectivity index is 3.29. The second-order valence-electron chi connectivity index (χ2n) is 5.68. The SMILES string of the molecule is CC(=O)OC[C@@H]1O[C@H](SC(C)=O)[C@H](OC(C)=O)[C@H](OC(C)=O)[C@H]1OC(C)=O. The quantitative estimate of drug-likeness (QED) is 0.447. The molecule has 0 amide bonds. The Labute approximate surface area is 160 Å².